The summed E-state index contributed by atoms with van der Waals surface area (Å²) in [6.45, 7) is 5.18. The summed E-state index contributed by atoms with van der Waals surface area (Å²) < 4.78 is 4.73. The number of hydrogen-bond acceptors (Lipinski definition) is 4. The summed E-state index contributed by atoms with van der Waals surface area (Å²) in [5.41, 5.74) is 12.6. The van der Waals surface area contributed by atoms with Crippen LogP contribution in [-0.2, 0) is 0 Å². The van der Waals surface area contributed by atoms with Gasteiger partial charge >= 0.3 is 0 Å². The van der Waals surface area contributed by atoms with Crippen LogP contribution in [0.1, 0.15) is 41.7 Å². The van der Waals surface area contributed by atoms with Crippen LogP contribution in [0.25, 0.3) is 11.0 Å². The Morgan fingerprint density at radius 1 is 1.07 bits per heavy atom. The molecule has 3 heterocycles. The number of aryl methyl sites for hydroxylation is 1. The molecule has 28 heavy (non-hydrogen) atoms. The number of aliphatic imine (C=N–C) groups is 1. The van der Waals surface area contributed by atoms with Crippen molar-refractivity contribution >= 4 is 17.0 Å². The molecule has 2 aliphatic rings. The average Bonchev–Trinajstić information content (AvgIpc) is 3.32. The molecule has 0 radical (unpaired) electrons. The zero-order valence-electron chi connectivity index (χ0n) is 16.3. The van der Waals surface area contributed by atoms with Crippen molar-refractivity contribution in [3.05, 3.63) is 71.1 Å². The first-order valence-corrected chi connectivity index (χ1v) is 9.93. The molecular weight excluding hydrogens is 348 g/mol. The van der Waals surface area contributed by atoms with Crippen LogP contribution in [0.3, 0.4) is 0 Å². The molecule has 0 fully saturated rings. The van der Waals surface area contributed by atoms with Gasteiger partial charge < -0.3 is 16.4 Å². The second kappa shape index (κ2) is 6.48. The summed E-state index contributed by atoms with van der Waals surface area (Å²) in [5.74, 6) is 1.31. The minimum atomic E-state index is 0.0471. The minimum absolute atomic E-state index is 0.0471. The molecule has 144 valence electrons. The van der Waals surface area contributed by atoms with Gasteiger partial charge in [0.2, 0.25) is 0 Å². The number of nitrogens with two attached hydrogens (primary N) is 1. The molecule has 0 spiro atoms. The van der Waals surface area contributed by atoms with E-state index in [2.05, 4.69) is 87.4 Å². The molecule has 1 unspecified atom stereocenters. The van der Waals surface area contributed by atoms with E-state index in [9.17, 15) is 0 Å². The van der Waals surface area contributed by atoms with Crippen LogP contribution in [0.15, 0.2) is 59.4 Å². The van der Waals surface area contributed by atoms with Gasteiger partial charge in [-0.1, -0.05) is 30.3 Å². The van der Waals surface area contributed by atoms with Gasteiger partial charge in [-0.2, -0.15) is 4.99 Å². The maximum Gasteiger partial charge on any atom is 0.195 e. The summed E-state index contributed by atoms with van der Waals surface area (Å²) in [7, 11) is 0. The molecule has 5 rings (SSSR count). The van der Waals surface area contributed by atoms with E-state index in [1.165, 1.54) is 27.7 Å². The Balaban J connectivity index is 1.19. The summed E-state index contributed by atoms with van der Waals surface area (Å²) >= 11 is 0. The number of para-hydroxylation sites is 2. The van der Waals surface area contributed by atoms with E-state index in [4.69, 9.17) is 5.73 Å². The first-order valence-electron chi connectivity index (χ1n) is 9.93. The molecule has 0 aliphatic carbocycles. The monoisotopic (exact) mass is 374 g/mol. The van der Waals surface area contributed by atoms with E-state index in [0.717, 1.165) is 25.2 Å². The van der Waals surface area contributed by atoms with E-state index in [1.807, 2.05) is 0 Å². The first kappa shape index (κ1) is 17.0. The van der Waals surface area contributed by atoms with Crippen LogP contribution in [0.4, 0.5) is 0 Å². The first-order chi connectivity index (χ1) is 13.6. The largest absolute Gasteiger partial charge is 0.370 e. The lowest BCUT2D eigenvalue weighted by Crippen LogP contribution is -2.38. The maximum atomic E-state index is 6.04. The number of guanidine groups is 1. The summed E-state index contributed by atoms with van der Waals surface area (Å²) in [6.07, 6.45) is 4.87. The Labute approximate surface area is 164 Å². The molecule has 0 saturated carbocycles. The van der Waals surface area contributed by atoms with Crippen LogP contribution < -0.4 is 16.4 Å². The normalized spacial score (nSPS) is 18.4. The molecule has 0 saturated heterocycles. The second-order valence-corrected chi connectivity index (χ2v) is 7.69. The van der Waals surface area contributed by atoms with Crippen LogP contribution in [0.2, 0.25) is 0 Å². The predicted octanol–water partition coefficient (Wildman–Crippen LogP) is 3.29. The fourth-order valence-corrected chi connectivity index (χ4v) is 4.25. The zero-order valence-corrected chi connectivity index (χ0v) is 16.3. The quantitative estimate of drug-likeness (QED) is 0.580. The van der Waals surface area contributed by atoms with Crippen molar-refractivity contribution in [1.82, 2.24) is 20.0 Å². The van der Waals surface area contributed by atoms with E-state index < -0.39 is 0 Å². The molecule has 0 bridgehead atoms. The number of nitrogens with one attached hydrogen (secondary N) is 2. The Bertz CT molecular complexity index is 1060. The van der Waals surface area contributed by atoms with E-state index in [1.54, 1.807) is 0 Å². The Morgan fingerprint density at radius 3 is 2.57 bits per heavy atom. The van der Waals surface area contributed by atoms with Gasteiger partial charge in [0.15, 0.2) is 5.96 Å². The van der Waals surface area contributed by atoms with Crippen molar-refractivity contribution in [2.75, 3.05) is 6.54 Å². The smallest absolute Gasteiger partial charge is 0.195 e. The van der Waals surface area contributed by atoms with Crippen molar-refractivity contribution in [2.45, 2.75) is 38.9 Å². The van der Waals surface area contributed by atoms with Gasteiger partial charge in [-0.25, -0.2) is 0 Å². The molecule has 4 N–H and O–H groups in total. The molecule has 0 amide bonds. The van der Waals surface area contributed by atoms with Crippen molar-refractivity contribution in [3.63, 3.8) is 0 Å². The summed E-state index contributed by atoms with van der Waals surface area (Å²) in [4.78, 5) is 4.43. The van der Waals surface area contributed by atoms with Crippen LogP contribution in [0.5, 0.6) is 0 Å². The molecule has 2 aromatic carbocycles. The minimum Gasteiger partial charge on any atom is -0.370 e. The van der Waals surface area contributed by atoms with Gasteiger partial charge in [-0.3, -0.25) is 9.36 Å². The fraction of sp³-hybridized carbons (Fsp3) is 0.318. The topological polar surface area (TPSA) is 72.3 Å². The molecule has 1 aromatic heterocycles. The van der Waals surface area contributed by atoms with E-state index in [0.29, 0.717) is 12.1 Å². The lowest BCUT2D eigenvalue weighted by Gasteiger charge is -2.24. The van der Waals surface area contributed by atoms with Crippen molar-refractivity contribution < 1.29 is 0 Å². The van der Waals surface area contributed by atoms with Gasteiger partial charge in [0.05, 0.1) is 17.1 Å². The lowest BCUT2D eigenvalue weighted by molar-refractivity contribution is 0.612. The summed E-state index contributed by atoms with van der Waals surface area (Å²) in [6, 6.07) is 15.0. The highest BCUT2D eigenvalue weighted by Gasteiger charge is 2.36. The molecular formula is C22H26N6. The third-order valence-electron chi connectivity index (χ3n) is 5.91. The number of hydrogen-bond donors (Lipinski definition) is 3. The number of fused-ring (bicyclic) bond motifs is 4. The molecule has 6 nitrogen and oxygen atoms in total. The fourth-order valence-electron chi connectivity index (χ4n) is 4.25. The average molecular weight is 374 g/mol. The number of rotatable bonds is 6. The van der Waals surface area contributed by atoms with E-state index in [-0.39, 0.29) is 6.04 Å². The third-order valence-corrected chi connectivity index (χ3v) is 5.91. The van der Waals surface area contributed by atoms with Gasteiger partial charge in [-0.05, 0) is 61.6 Å². The lowest BCUT2D eigenvalue weighted by atomic mass is 9.97. The molecule has 3 aromatic rings. The van der Waals surface area contributed by atoms with Crippen molar-refractivity contribution in [3.8, 4) is 0 Å². The second-order valence-electron chi connectivity index (χ2n) is 7.69. The van der Waals surface area contributed by atoms with Gasteiger partial charge in [0, 0.05) is 6.54 Å². The Kier molecular flexibility index (Phi) is 3.93. The maximum absolute atomic E-state index is 6.04. The highest BCUT2D eigenvalue weighted by molar-refractivity contribution is 5.81. The highest BCUT2D eigenvalue weighted by atomic mass is 15.7. The van der Waals surface area contributed by atoms with Crippen LogP contribution in [-0.4, -0.2) is 21.9 Å². The molecule has 1 atom stereocenters. The van der Waals surface area contributed by atoms with Gasteiger partial charge in [0.25, 0.3) is 0 Å². The Morgan fingerprint density at radius 2 is 1.82 bits per heavy atom. The molecule has 6 heteroatoms. The van der Waals surface area contributed by atoms with Crippen molar-refractivity contribution in [2.24, 2.45) is 10.7 Å². The standard InChI is InChI=1S/C22H26N6/c1-14-7-5-8-16(15(14)2)17-13-20(26-22(23)25-17)24-12-6-11-21-27-18-9-3-4-10-19(18)28(21)27/h3-5,7-10,13,17,21,24H,6,11-12H2,1-2H3,(H3,23,25,26). The van der Waals surface area contributed by atoms with E-state index >= 15 is 0 Å². The number of nitrogens with zero attached hydrogens (tertiary/aromatic N) is 3. The van der Waals surface area contributed by atoms with Gasteiger partial charge in [0.1, 0.15) is 12.0 Å². The summed E-state index contributed by atoms with van der Waals surface area (Å²) in [5, 5.41) is 6.73. The molecule has 2 aliphatic heterocycles. The number of benzene rings is 2. The van der Waals surface area contributed by atoms with Crippen LogP contribution >= 0.6 is 0 Å². The van der Waals surface area contributed by atoms with Crippen LogP contribution in [0, 0.1) is 13.8 Å². The van der Waals surface area contributed by atoms with Gasteiger partial charge in [-0.15, -0.1) is 0 Å². The third kappa shape index (κ3) is 2.76. The predicted molar refractivity (Wildman–Crippen MR) is 113 cm³/mol. The SMILES string of the molecule is Cc1cccc(C2C=C(NCCCC3n4c5ccccc5n43)N=C(N)N2)c1C. The highest BCUT2D eigenvalue weighted by Crippen LogP contribution is 2.41. The zero-order chi connectivity index (χ0) is 19.3. The number of aromatic nitrogens is 2. The van der Waals surface area contributed by atoms with Crippen molar-refractivity contribution in [1.29, 1.82) is 0 Å². The Hall–Kier alpha value is -3.15.